The smallest absolute Gasteiger partial charge is 0.126 e. The van der Waals surface area contributed by atoms with Gasteiger partial charge in [-0.25, -0.2) is 4.39 Å². The first-order valence-electron chi connectivity index (χ1n) is 6.04. The van der Waals surface area contributed by atoms with Crippen molar-refractivity contribution in [2.75, 3.05) is 0 Å². The zero-order valence-corrected chi connectivity index (χ0v) is 11.3. The van der Waals surface area contributed by atoms with Crippen molar-refractivity contribution in [1.82, 2.24) is 0 Å². The van der Waals surface area contributed by atoms with Crippen LogP contribution in [0.4, 0.5) is 4.39 Å². The van der Waals surface area contributed by atoms with Crippen LogP contribution in [0.25, 0.3) is 0 Å². The molecule has 2 rings (SSSR count). The maximum Gasteiger partial charge on any atom is 0.126 e. The highest BCUT2D eigenvalue weighted by molar-refractivity contribution is 9.10. The van der Waals surface area contributed by atoms with E-state index in [9.17, 15) is 4.39 Å². The van der Waals surface area contributed by atoms with Crippen molar-refractivity contribution in [1.29, 1.82) is 0 Å². The fourth-order valence-corrected chi connectivity index (χ4v) is 2.68. The summed E-state index contributed by atoms with van der Waals surface area (Å²) in [5.74, 6) is -0.132. The molecule has 1 aromatic rings. The molecule has 1 aliphatic carbocycles. The molecule has 1 aromatic carbocycles. The number of rotatable bonds is 2. The maximum absolute atomic E-state index is 13.6. The Balaban J connectivity index is 2.16. The largest absolute Gasteiger partial charge is 0.324 e. The van der Waals surface area contributed by atoms with Gasteiger partial charge in [-0.05, 0) is 49.4 Å². The van der Waals surface area contributed by atoms with Gasteiger partial charge in [0, 0.05) is 10.5 Å². The molecule has 0 aliphatic heterocycles. The number of nitrogens with two attached hydrogens (primary N) is 1. The summed E-state index contributed by atoms with van der Waals surface area (Å²) in [5, 5.41) is 0. The zero-order chi connectivity index (χ0) is 12.3. The van der Waals surface area contributed by atoms with Gasteiger partial charge in [-0.15, -0.1) is 0 Å². The van der Waals surface area contributed by atoms with Crippen LogP contribution in [-0.4, -0.2) is 6.04 Å². The Morgan fingerprint density at radius 3 is 3.00 bits per heavy atom. The Bertz CT molecular complexity index is 428. The van der Waals surface area contributed by atoms with E-state index in [0.29, 0.717) is 6.42 Å². The predicted octanol–water partition coefficient (Wildman–Crippen LogP) is 3.96. The van der Waals surface area contributed by atoms with Gasteiger partial charge in [0.05, 0.1) is 0 Å². The monoisotopic (exact) mass is 297 g/mol. The molecule has 2 N–H and O–H groups in total. The average molecular weight is 298 g/mol. The fraction of sp³-hybridized carbons (Fsp3) is 0.429. The van der Waals surface area contributed by atoms with Gasteiger partial charge < -0.3 is 5.73 Å². The van der Waals surface area contributed by atoms with Crippen LogP contribution < -0.4 is 5.73 Å². The van der Waals surface area contributed by atoms with E-state index in [1.165, 1.54) is 18.1 Å². The third-order valence-electron chi connectivity index (χ3n) is 3.16. The summed E-state index contributed by atoms with van der Waals surface area (Å²) in [6.07, 6.45) is 7.22. The molecule has 17 heavy (non-hydrogen) atoms. The Morgan fingerprint density at radius 1 is 1.35 bits per heavy atom. The van der Waals surface area contributed by atoms with E-state index >= 15 is 0 Å². The predicted molar refractivity (Wildman–Crippen MR) is 72.3 cm³/mol. The molecule has 0 heterocycles. The maximum atomic E-state index is 13.6. The molecule has 1 unspecified atom stereocenters. The van der Waals surface area contributed by atoms with E-state index in [2.05, 4.69) is 22.0 Å². The molecule has 0 bridgehead atoms. The minimum absolute atomic E-state index is 0.132. The van der Waals surface area contributed by atoms with Gasteiger partial charge in [0.1, 0.15) is 5.82 Å². The number of hydrogen-bond acceptors (Lipinski definition) is 1. The van der Waals surface area contributed by atoms with Gasteiger partial charge in [-0.1, -0.05) is 34.0 Å². The van der Waals surface area contributed by atoms with Gasteiger partial charge in [-0.3, -0.25) is 0 Å². The van der Waals surface area contributed by atoms with Crippen molar-refractivity contribution in [3.05, 3.63) is 45.7 Å². The SMILES string of the molecule is NC1C=C(Cc2cc(Br)ccc2F)CCCC1. The summed E-state index contributed by atoms with van der Waals surface area (Å²) < 4.78 is 14.6. The highest BCUT2D eigenvalue weighted by atomic mass is 79.9. The summed E-state index contributed by atoms with van der Waals surface area (Å²) in [5.41, 5.74) is 7.99. The second-order valence-corrected chi connectivity index (χ2v) is 5.56. The third-order valence-corrected chi connectivity index (χ3v) is 3.65. The number of benzene rings is 1. The Kier molecular flexibility index (Phi) is 4.35. The molecule has 1 aliphatic rings. The van der Waals surface area contributed by atoms with E-state index in [4.69, 9.17) is 5.73 Å². The summed E-state index contributed by atoms with van der Waals surface area (Å²) in [6, 6.07) is 5.23. The van der Waals surface area contributed by atoms with E-state index in [0.717, 1.165) is 29.3 Å². The molecular weight excluding hydrogens is 281 g/mol. The lowest BCUT2D eigenvalue weighted by Crippen LogP contribution is -2.16. The molecule has 92 valence electrons. The van der Waals surface area contributed by atoms with Gasteiger partial charge >= 0.3 is 0 Å². The first kappa shape index (κ1) is 12.8. The summed E-state index contributed by atoms with van der Waals surface area (Å²) in [6.45, 7) is 0. The quantitative estimate of drug-likeness (QED) is 0.822. The van der Waals surface area contributed by atoms with Crippen LogP contribution in [0.5, 0.6) is 0 Å². The van der Waals surface area contributed by atoms with Crippen molar-refractivity contribution in [2.24, 2.45) is 5.73 Å². The van der Waals surface area contributed by atoms with Gasteiger partial charge in [-0.2, -0.15) is 0 Å². The van der Waals surface area contributed by atoms with E-state index in [1.807, 2.05) is 6.07 Å². The van der Waals surface area contributed by atoms with Crippen molar-refractivity contribution in [3.8, 4) is 0 Å². The lowest BCUT2D eigenvalue weighted by Gasteiger charge is -2.08. The highest BCUT2D eigenvalue weighted by Gasteiger charge is 2.11. The zero-order valence-electron chi connectivity index (χ0n) is 9.76. The van der Waals surface area contributed by atoms with Crippen LogP contribution in [0.3, 0.4) is 0 Å². The highest BCUT2D eigenvalue weighted by Crippen LogP contribution is 2.23. The molecule has 0 saturated carbocycles. The third kappa shape index (κ3) is 3.65. The number of halogens is 2. The Hall–Kier alpha value is -0.670. The molecule has 0 saturated heterocycles. The van der Waals surface area contributed by atoms with Crippen LogP contribution in [0, 0.1) is 5.82 Å². The van der Waals surface area contributed by atoms with E-state index < -0.39 is 0 Å². The molecule has 0 amide bonds. The average Bonchev–Trinajstić information content (AvgIpc) is 2.48. The lowest BCUT2D eigenvalue weighted by molar-refractivity contribution is 0.611. The molecule has 1 atom stereocenters. The molecule has 3 heteroatoms. The van der Waals surface area contributed by atoms with E-state index in [-0.39, 0.29) is 11.9 Å². The molecular formula is C14H17BrFN. The van der Waals surface area contributed by atoms with Gasteiger partial charge in [0.2, 0.25) is 0 Å². The van der Waals surface area contributed by atoms with Crippen LogP contribution in [0.2, 0.25) is 0 Å². The fourth-order valence-electron chi connectivity index (χ4n) is 2.27. The van der Waals surface area contributed by atoms with Crippen LogP contribution in [0.15, 0.2) is 34.3 Å². The summed E-state index contributed by atoms with van der Waals surface area (Å²) in [7, 11) is 0. The van der Waals surface area contributed by atoms with Crippen LogP contribution in [0.1, 0.15) is 31.2 Å². The minimum Gasteiger partial charge on any atom is -0.324 e. The summed E-state index contributed by atoms with van der Waals surface area (Å²) in [4.78, 5) is 0. The summed E-state index contributed by atoms with van der Waals surface area (Å²) >= 11 is 3.38. The number of allylic oxidation sites excluding steroid dienone is 1. The molecule has 0 spiro atoms. The first-order valence-corrected chi connectivity index (χ1v) is 6.83. The van der Waals surface area contributed by atoms with Gasteiger partial charge in [0.15, 0.2) is 0 Å². The van der Waals surface area contributed by atoms with Crippen molar-refractivity contribution in [3.63, 3.8) is 0 Å². The van der Waals surface area contributed by atoms with Crippen molar-refractivity contribution in [2.45, 2.75) is 38.1 Å². The molecule has 1 nitrogen and oxygen atoms in total. The van der Waals surface area contributed by atoms with Crippen molar-refractivity contribution >= 4 is 15.9 Å². The van der Waals surface area contributed by atoms with Gasteiger partial charge in [0.25, 0.3) is 0 Å². The van der Waals surface area contributed by atoms with Crippen LogP contribution in [-0.2, 0) is 6.42 Å². The minimum atomic E-state index is -0.132. The first-order chi connectivity index (χ1) is 8.15. The topological polar surface area (TPSA) is 26.0 Å². The second-order valence-electron chi connectivity index (χ2n) is 4.65. The second kappa shape index (κ2) is 5.78. The normalized spacial score (nSPS) is 20.9. The lowest BCUT2D eigenvalue weighted by atomic mass is 10.0. The molecule has 0 radical (unpaired) electrons. The Labute approximate surface area is 110 Å². The van der Waals surface area contributed by atoms with E-state index in [1.54, 1.807) is 6.07 Å². The standard InChI is InChI=1S/C14H17BrFN/c15-12-5-6-14(16)11(9-12)7-10-3-1-2-4-13(17)8-10/h5-6,8-9,13H,1-4,7,17H2. The number of hydrogen-bond donors (Lipinski definition) is 1. The molecule has 0 aromatic heterocycles. The Morgan fingerprint density at radius 2 is 2.18 bits per heavy atom. The molecule has 0 fully saturated rings. The van der Waals surface area contributed by atoms with Crippen molar-refractivity contribution < 1.29 is 4.39 Å². The van der Waals surface area contributed by atoms with Crippen LogP contribution >= 0.6 is 15.9 Å².